The Morgan fingerprint density at radius 2 is 1.61 bits per heavy atom. The Morgan fingerprint density at radius 3 is 2.17 bits per heavy atom. The van der Waals surface area contributed by atoms with Crippen LogP contribution in [0.2, 0.25) is 0 Å². The van der Waals surface area contributed by atoms with Crippen molar-refractivity contribution in [2.45, 2.75) is 4.90 Å². The third kappa shape index (κ3) is 3.36. The fourth-order valence-corrected chi connectivity index (χ4v) is 3.22. The summed E-state index contributed by atoms with van der Waals surface area (Å²) < 4.78 is 38.5. The topological polar surface area (TPSA) is 65.1 Å². The van der Waals surface area contributed by atoms with E-state index >= 15 is 0 Å². The van der Waals surface area contributed by atoms with Gasteiger partial charge >= 0.3 is 0 Å². The molecule has 1 heterocycles. The van der Waals surface area contributed by atoms with Gasteiger partial charge < -0.3 is 4.57 Å². The van der Waals surface area contributed by atoms with Gasteiger partial charge in [0, 0.05) is 16.4 Å². The zero-order chi connectivity index (χ0) is 16.6. The fourth-order valence-electron chi connectivity index (χ4n) is 2.28. The van der Waals surface area contributed by atoms with Crippen molar-refractivity contribution in [3.8, 4) is 16.9 Å². The predicted octanol–water partition coefficient (Wildman–Crippen LogP) is 3.69. The molecule has 0 saturated carbocycles. The molecule has 0 atom stereocenters. The third-order valence-corrected chi connectivity index (χ3v) is 4.73. The first-order chi connectivity index (χ1) is 10.8. The van der Waals surface area contributed by atoms with Gasteiger partial charge in [-0.2, -0.15) is 0 Å². The van der Waals surface area contributed by atoms with Crippen molar-refractivity contribution < 1.29 is 12.8 Å². The SMILES string of the molecule is NS(=O)(=O)c1ccc(-c2cc(Br)cn2-c2ccc(F)cc2)cc1. The summed E-state index contributed by atoms with van der Waals surface area (Å²) in [5.74, 6) is -0.306. The summed E-state index contributed by atoms with van der Waals surface area (Å²) in [4.78, 5) is 0.0557. The second kappa shape index (κ2) is 5.92. The third-order valence-electron chi connectivity index (χ3n) is 3.37. The molecule has 3 rings (SSSR count). The highest BCUT2D eigenvalue weighted by atomic mass is 79.9. The number of rotatable bonds is 3. The predicted molar refractivity (Wildman–Crippen MR) is 90.2 cm³/mol. The van der Waals surface area contributed by atoms with Crippen LogP contribution in [0.1, 0.15) is 0 Å². The van der Waals surface area contributed by atoms with Crippen LogP contribution in [-0.2, 0) is 10.0 Å². The molecule has 0 spiro atoms. The van der Waals surface area contributed by atoms with E-state index in [0.29, 0.717) is 0 Å². The smallest absolute Gasteiger partial charge is 0.238 e. The lowest BCUT2D eigenvalue weighted by Crippen LogP contribution is -2.11. The van der Waals surface area contributed by atoms with Gasteiger partial charge in [-0.3, -0.25) is 0 Å². The molecule has 0 unspecified atom stereocenters. The molecule has 0 aliphatic carbocycles. The van der Waals surface area contributed by atoms with Crippen molar-refractivity contribution in [3.05, 3.63) is 71.1 Å². The van der Waals surface area contributed by atoms with Crippen LogP contribution in [-0.4, -0.2) is 13.0 Å². The zero-order valence-electron chi connectivity index (χ0n) is 11.8. The molecule has 0 amide bonds. The van der Waals surface area contributed by atoms with E-state index in [2.05, 4.69) is 15.9 Å². The van der Waals surface area contributed by atoms with E-state index < -0.39 is 10.0 Å². The molecule has 1 aromatic heterocycles. The maximum absolute atomic E-state index is 13.1. The molecule has 23 heavy (non-hydrogen) atoms. The maximum atomic E-state index is 13.1. The number of benzene rings is 2. The van der Waals surface area contributed by atoms with E-state index in [0.717, 1.165) is 21.4 Å². The van der Waals surface area contributed by atoms with Crippen molar-refractivity contribution >= 4 is 26.0 Å². The van der Waals surface area contributed by atoms with Crippen molar-refractivity contribution in [1.82, 2.24) is 4.57 Å². The van der Waals surface area contributed by atoms with Crippen LogP contribution in [0.4, 0.5) is 4.39 Å². The molecule has 7 heteroatoms. The highest BCUT2D eigenvalue weighted by Gasteiger charge is 2.11. The number of primary sulfonamides is 1. The Morgan fingerprint density at radius 1 is 1.00 bits per heavy atom. The minimum absolute atomic E-state index is 0.0557. The Kier molecular flexibility index (Phi) is 4.09. The molecule has 0 bridgehead atoms. The molecular weight excluding hydrogens is 383 g/mol. The van der Waals surface area contributed by atoms with Crippen molar-refractivity contribution in [2.24, 2.45) is 5.14 Å². The molecular formula is C16H12BrFN2O2S. The normalized spacial score (nSPS) is 11.6. The lowest BCUT2D eigenvalue weighted by atomic mass is 10.1. The summed E-state index contributed by atoms with van der Waals surface area (Å²) >= 11 is 3.43. The van der Waals surface area contributed by atoms with E-state index in [1.807, 2.05) is 16.8 Å². The van der Waals surface area contributed by atoms with Gasteiger partial charge in [0.2, 0.25) is 10.0 Å². The van der Waals surface area contributed by atoms with Crippen LogP contribution in [0.3, 0.4) is 0 Å². The van der Waals surface area contributed by atoms with Crippen LogP contribution in [0.25, 0.3) is 16.9 Å². The first-order valence-electron chi connectivity index (χ1n) is 6.62. The Bertz CT molecular complexity index is 949. The van der Waals surface area contributed by atoms with Gasteiger partial charge in [-0.15, -0.1) is 0 Å². The molecule has 0 fully saturated rings. The van der Waals surface area contributed by atoms with E-state index in [1.54, 1.807) is 24.3 Å². The molecule has 118 valence electrons. The first kappa shape index (κ1) is 15.9. The van der Waals surface area contributed by atoms with Crippen molar-refractivity contribution in [3.63, 3.8) is 0 Å². The van der Waals surface area contributed by atoms with Gasteiger partial charge in [-0.1, -0.05) is 12.1 Å². The lowest BCUT2D eigenvalue weighted by molar-refractivity contribution is 0.598. The Balaban J connectivity index is 2.09. The van der Waals surface area contributed by atoms with Gasteiger partial charge in [-0.05, 0) is 64.0 Å². The Hall–Kier alpha value is -1.96. The van der Waals surface area contributed by atoms with Gasteiger partial charge in [0.25, 0.3) is 0 Å². The molecule has 3 aromatic rings. The zero-order valence-corrected chi connectivity index (χ0v) is 14.2. The standard InChI is InChI=1S/C16H12BrFN2O2S/c17-12-9-16(11-1-7-15(8-2-11)23(19,21)22)20(10-12)14-5-3-13(18)4-6-14/h1-10H,(H2,19,21,22). The van der Waals surface area contributed by atoms with E-state index in [4.69, 9.17) is 5.14 Å². The number of hydrogen-bond donors (Lipinski definition) is 1. The number of sulfonamides is 1. The molecule has 0 saturated heterocycles. The minimum Gasteiger partial charge on any atom is -0.315 e. The van der Waals surface area contributed by atoms with Crippen LogP contribution in [0, 0.1) is 5.82 Å². The molecule has 0 aliphatic rings. The first-order valence-corrected chi connectivity index (χ1v) is 8.95. The maximum Gasteiger partial charge on any atom is 0.238 e. The lowest BCUT2D eigenvalue weighted by Gasteiger charge is -2.10. The Labute approximate surface area is 141 Å². The average Bonchev–Trinajstić information content (AvgIpc) is 2.89. The summed E-state index contributed by atoms with van der Waals surface area (Å²) in [7, 11) is -3.72. The fraction of sp³-hybridized carbons (Fsp3) is 0. The van der Waals surface area contributed by atoms with Crippen LogP contribution >= 0.6 is 15.9 Å². The molecule has 2 aromatic carbocycles. The van der Waals surface area contributed by atoms with Crippen LogP contribution < -0.4 is 5.14 Å². The van der Waals surface area contributed by atoms with Crippen molar-refractivity contribution in [1.29, 1.82) is 0 Å². The molecule has 4 nitrogen and oxygen atoms in total. The van der Waals surface area contributed by atoms with E-state index in [1.165, 1.54) is 24.3 Å². The number of aromatic nitrogens is 1. The van der Waals surface area contributed by atoms with Gasteiger partial charge in [-0.25, -0.2) is 17.9 Å². The van der Waals surface area contributed by atoms with Gasteiger partial charge in [0.1, 0.15) is 5.82 Å². The van der Waals surface area contributed by atoms with Gasteiger partial charge in [0.05, 0.1) is 10.6 Å². The number of nitrogens with two attached hydrogens (primary N) is 1. The van der Waals surface area contributed by atoms with Gasteiger partial charge in [0.15, 0.2) is 0 Å². The van der Waals surface area contributed by atoms with Crippen LogP contribution in [0.5, 0.6) is 0 Å². The summed E-state index contributed by atoms with van der Waals surface area (Å²) in [5.41, 5.74) is 2.44. The summed E-state index contributed by atoms with van der Waals surface area (Å²) in [6, 6.07) is 14.3. The second-order valence-corrected chi connectivity index (χ2v) is 7.44. The largest absolute Gasteiger partial charge is 0.315 e. The van der Waals surface area contributed by atoms with Crippen molar-refractivity contribution in [2.75, 3.05) is 0 Å². The molecule has 2 N–H and O–H groups in total. The summed E-state index contributed by atoms with van der Waals surface area (Å²) in [5, 5.41) is 5.11. The average molecular weight is 395 g/mol. The quantitative estimate of drug-likeness (QED) is 0.735. The molecule has 0 radical (unpaired) electrons. The van der Waals surface area contributed by atoms with E-state index in [-0.39, 0.29) is 10.7 Å². The number of halogens is 2. The summed E-state index contributed by atoms with van der Waals surface area (Å²) in [6.45, 7) is 0. The monoisotopic (exact) mass is 394 g/mol. The number of nitrogens with zero attached hydrogens (tertiary/aromatic N) is 1. The van der Waals surface area contributed by atoms with Crippen LogP contribution in [0.15, 0.2) is 70.2 Å². The van der Waals surface area contributed by atoms with E-state index in [9.17, 15) is 12.8 Å². The second-order valence-electron chi connectivity index (χ2n) is 4.96. The molecule has 0 aliphatic heterocycles. The number of hydrogen-bond acceptors (Lipinski definition) is 2. The summed E-state index contributed by atoms with van der Waals surface area (Å²) in [6.07, 6.45) is 1.86. The minimum atomic E-state index is -3.72. The highest BCUT2D eigenvalue weighted by molar-refractivity contribution is 9.10. The highest BCUT2D eigenvalue weighted by Crippen LogP contribution is 2.29.